The van der Waals surface area contributed by atoms with Crippen molar-refractivity contribution < 1.29 is 27.4 Å². The molecule has 0 aliphatic rings. The summed E-state index contributed by atoms with van der Waals surface area (Å²) in [7, 11) is -3.92. The first-order valence-corrected chi connectivity index (χ1v) is 8.35. The number of hydrogen-bond acceptors (Lipinski definition) is 5. The van der Waals surface area contributed by atoms with Crippen molar-refractivity contribution in [2.45, 2.75) is 34.1 Å². The highest BCUT2D eigenvalue weighted by Crippen LogP contribution is 1.89. The third kappa shape index (κ3) is 15.1. The van der Waals surface area contributed by atoms with Gasteiger partial charge in [0.2, 0.25) is 0 Å². The first-order chi connectivity index (χ1) is 9.17. The molecule has 0 aromatic heterocycles. The minimum Gasteiger partial charge on any atom is -0.748 e. The Morgan fingerprint density at radius 3 is 2.00 bits per heavy atom. The highest BCUT2D eigenvalue weighted by molar-refractivity contribution is 7.85. The van der Waals surface area contributed by atoms with Crippen molar-refractivity contribution in [2.75, 3.05) is 32.0 Å². The molecule has 120 valence electrons. The maximum Gasteiger partial charge on any atom is 0.333 e. The van der Waals surface area contributed by atoms with Crippen LogP contribution < -0.4 is 4.90 Å². The van der Waals surface area contributed by atoms with Crippen molar-refractivity contribution >= 4 is 16.1 Å². The van der Waals surface area contributed by atoms with Crippen LogP contribution in [0.4, 0.5) is 0 Å². The molecular weight excluding hydrogens is 282 g/mol. The van der Waals surface area contributed by atoms with Gasteiger partial charge >= 0.3 is 5.97 Å². The minimum absolute atomic E-state index is 0.243. The molecule has 0 fully saturated rings. The largest absolute Gasteiger partial charge is 0.748 e. The molecule has 0 aromatic carbocycles. The number of likely N-dealkylation sites (N-methyl/N-ethyl adjacent to an activating group) is 1. The monoisotopic (exact) mass is 309 g/mol. The Labute approximate surface area is 122 Å². The van der Waals surface area contributed by atoms with E-state index >= 15 is 0 Å². The number of esters is 1. The van der Waals surface area contributed by atoms with Crippen LogP contribution in [0.1, 0.15) is 34.1 Å². The van der Waals surface area contributed by atoms with Crippen LogP contribution >= 0.6 is 0 Å². The van der Waals surface area contributed by atoms with Crippen LogP contribution in [-0.2, 0) is 19.6 Å². The number of ether oxygens (including phenoxy) is 1. The van der Waals surface area contributed by atoms with E-state index in [9.17, 15) is 17.8 Å². The van der Waals surface area contributed by atoms with Crippen molar-refractivity contribution in [3.8, 4) is 0 Å². The molecule has 7 heteroatoms. The fraction of sp³-hybridized carbons (Fsp3) is 0.769. The van der Waals surface area contributed by atoms with Crippen molar-refractivity contribution in [2.24, 2.45) is 0 Å². The van der Waals surface area contributed by atoms with Gasteiger partial charge in [-0.2, -0.15) is 0 Å². The summed E-state index contributed by atoms with van der Waals surface area (Å²) in [5, 5.41) is 0. The molecule has 0 saturated carbocycles. The summed E-state index contributed by atoms with van der Waals surface area (Å²) in [5.41, 5.74) is 0.467. The van der Waals surface area contributed by atoms with E-state index in [1.54, 1.807) is 13.8 Å². The van der Waals surface area contributed by atoms with Gasteiger partial charge in [-0.25, -0.2) is 13.2 Å². The highest BCUT2D eigenvalue weighted by Gasteiger charge is 2.06. The lowest BCUT2D eigenvalue weighted by Gasteiger charge is -2.14. The van der Waals surface area contributed by atoms with Gasteiger partial charge in [-0.15, -0.1) is 0 Å². The molecule has 0 amide bonds. The molecule has 0 heterocycles. The number of quaternary nitrogens is 1. The second-order valence-corrected chi connectivity index (χ2v) is 5.91. The minimum atomic E-state index is -3.92. The molecule has 0 spiro atoms. The molecule has 0 rings (SSSR count). The molecular formula is C13H27NO5S. The van der Waals surface area contributed by atoms with E-state index in [-0.39, 0.29) is 11.7 Å². The van der Waals surface area contributed by atoms with Crippen LogP contribution in [0.15, 0.2) is 12.2 Å². The number of nitrogens with one attached hydrogen (secondary N) is 1. The summed E-state index contributed by atoms with van der Waals surface area (Å²) in [5.74, 6) is -0.529. The smallest absolute Gasteiger partial charge is 0.333 e. The first-order valence-electron chi connectivity index (χ1n) is 6.77. The van der Waals surface area contributed by atoms with E-state index in [4.69, 9.17) is 4.74 Å². The summed E-state index contributed by atoms with van der Waals surface area (Å²) in [6.07, 6.45) is 0.409. The predicted octanol–water partition coefficient (Wildman–Crippen LogP) is -0.0280. The van der Waals surface area contributed by atoms with Gasteiger partial charge in [0.25, 0.3) is 0 Å². The molecule has 6 nitrogen and oxygen atoms in total. The van der Waals surface area contributed by atoms with E-state index in [1.165, 1.54) is 4.90 Å². The average Bonchev–Trinajstić information content (AvgIpc) is 2.33. The van der Waals surface area contributed by atoms with Crippen molar-refractivity contribution in [3.63, 3.8) is 0 Å². The van der Waals surface area contributed by atoms with Crippen molar-refractivity contribution in [3.05, 3.63) is 12.2 Å². The fourth-order valence-electron chi connectivity index (χ4n) is 1.26. The molecule has 0 aromatic rings. The summed E-state index contributed by atoms with van der Waals surface area (Å²) in [6.45, 7) is 14.6. The maximum absolute atomic E-state index is 11.0. The molecule has 0 saturated heterocycles. The van der Waals surface area contributed by atoms with Crippen molar-refractivity contribution in [1.29, 1.82) is 0 Å². The van der Waals surface area contributed by atoms with Gasteiger partial charge in [0.05, 0.1) is 23.2 Å². The number of hydrogen-bond donors (Lipinski definition) is 1. The summed E-state index contributed by atoms with van der Waals surface area (Å²) >= 11 is 0. The van der Waals surface area contributed by atoms with E-state index < -0.39 is 10.1 Å². The van der Waals surface area contributed by atoms with Crippen LogP contribution in [0, 0.1) is 0 Å². The Hall–Kier alpha value is -0.920. The van der Waals surface area contributed by atoms with Crippen LogP contribution in [0.2, 0.25) is 0 Å². The zero-order valence-corrected chi connectivity index (χ0v) is 13.7. The van der Waals surface area contributed by atoms with Gasteiger partial charge in [0.15, 0.2) is 0 Å². The molecule has 0 aliphatic carbocycles. The van der Waals surface area contributed by atoms with Gasteiger partial charge < -0.3 is 14.2 Å². The Bertz CT molecular complexity index is 374. The Kier molecular flexibility index (Phi) is 12.7. The molecule has 0 aliphatic heterocycles. The van der Waals surface area contributed by atoms with Crippen LogP contribution in [-0.4, -0.2) is 50.9 Å². The second kappa shape index (κ2) is 11.9. The van der Waals surface area contributed by atoms with Gasteiger partial charge in [-0.1, -0.05) is 13.5 Å². The van der Waals surface area contributed by atoms with E-state index in [0.717, 1.165) is 19.6 Å². The summed E-state index contributed by atoms with van der Waals surface area (Å²) in [4.78, 5) is 12.4. The molecule has 0 radical (unpaired) electrons. The normalized spacial score (nSPS) is 10.7. The summed E-state index contributed by atoms with van der Waals surface area (Å²) < 4.78 is 34.0. The predicted molar refractivity (Wildman–Crippen MR) is 77.5 cm³/mol. The Morgan fingerprint density at radius 1 is 1.25 bits per heavy atom. The molecule has 0 atom stereocenters. The summed E-state index contributed by atoms with van der Waals surface area (Å²) in [6, 6.07) is 0. The fourth-order valence-corrected chi connectivity index (χ4v) is 1.76. The van der Waals surface area contributed by atoms with E-state index in [2.05, 4.69) is 20.4 Å². The highest BCUT2D eigenvalue weighted by atomic mass is 32.2. The third-order valence-electron chi connectivity index (χ3n) is 2.49. The standard InChI is InChI=1S/C10H19NO2.C3H8O3S/c1-5-11(6-2)7-8-13-10(12)9(3)4;1-2-3-7(4,5)6/h3,5-8H2,1-2,4H3;2-3H2,1H3,(H,4,5,6). The maximum atomic E-state index is 11.0. The first kappa shape index (κ1) is 21.4. The SMILES string of the molecule is C=C(C)C(=O)OCC[NH+](CC)CC.CCCS(=O)(=O)[O-]. The van der Waals surface area contributed by atoms with Crippen molar-refractivity contribution in [1.82, 2.24) is 0 Å². The lowest BCUT2D eigenvalue weighted by molar-refractivity contribution is -0.896. The molecule has 20 heavy (non-hydrogen) atoms. The van der Waals surface area contributed by atoms with Crippen LogP contribution in [0.25, 0.3) is 0 Å². The number of carbonyl (C=O) groups excluding carboxylic acids is 1. The van der Waals surface area contributed by atoms with Crippen LogP contribution in [0.5, 0.6) is 0 Å². The van der Waals surface area contributed by atoms with E-state index in [0.29, 0.717) is 18.6 Å². The second-order valence-electron chi connectivity index (χ2n) is 4.39. The third-order valence-corrected chi connectivity index (χ3v) is 3.40. The Balaban J connectivity index is 0. The molecule has 0 unspecified atom stereocenters. The van der Waals surface area contributed by atoms with Gasteiger partial charge in [-0.3, -0.25) is 0 Å². The number of carbonyl (C=O) groups is 1. The number of rotatable bonds is 8. The Morgan fingerprint density at radius 2 is 1.75 bits per heavy atom. The topological polar surface area (TPSA) is 87.9 Å². The van der Waals surface area contributed by atoms with Gasteiger partial charge in [0, 0.05) is 11.3 Å². The quantitative estimate of drug-likeness (QED) is 0.386. The zero-order chi connectivity index (χ0) is 16.2. The van der Waals surface area contributed by atoms with Gasteiger partial charge in [-0.05, 0) is 27.2 Å². The van der Waals surface area contributed by atoms with Gasteiger partial charge in [0.1, 0.15) is 13.2 Å². The average molecular weight is 309 g/mol. The molecule has 0 bridgehead atoms. The van der Waals surface area contributed by atoms with Crippen LogP contribution in [0.3, 0.4) is 0 Å². The zero-order valence-electron chi connectivity index (χ0n) is 12.9. The lowest BCUT2D eigenvalue weighted by atomic mass is 10.4. The lowest BCUT2D eigenvalue weighted by Crippen LogP contribution is -3.11. The molecule has 1 N–H and O–H groups in total. The van der Waals surface area contributed by atoms with E-state index in [1.807, 2.05) is 0 Å².